The van der Waals surface area contributed by atoms with E-state index >= 15 is 0 Å². The predicted molar refractivity (Wildman–Crippen MR) is 113 cm³/mol. The van der Waals surface area contributed by atoms with E-state index in [0.717, 1.165) is 12.1 Å². The smallest absolute Gasteiger partial charge is 0.418 e. The minimum Gasteiger partial charge on any atom is -0.496 e. The van der Waals surface area contributed by atoms with Gasteiger partial charge < -0.3 is 14.8 Å². The van der Waals surface area contributed by atoms with E-state index in [9.17, 15) is 18.0 Å². The van der Waals surface area contributed by atoms with Crippen molar-refractivity contribution in [2.75, 3.05) is 12.4 Å². The summed E-state index contributed by atoms with van der Waals surface area (Å²) in [6, 6.07) is 14.5. The van der Waals surface area contributed by atoms with Crippen molar-refractivity contribution in [3.05, 3.63) is 87.4 Å². The number of amides is 1. The molecule has 0 aliphatic rings. The normalized spacial score (nSPS) is 11.2. The number of carbonyl (C=O) groups is 1. The van der Waals surface area contributed by atoms with E-state index in [1.807, 2.05) is 0 Å². The standard InChI is InChI=1S/C22H16Cl2F3NO3/c1-30-19-9-6-13(10-14(19)12-31-20-5-3-2-4-17(20)24)21(29)28-18-8-7-15(23)11-16(18)22(25,26)27/h2-11H,12H2,1H3,(H,28,29). The SMILES string of the molecule is COc1ccc(C(=O)Nc2ccc(Cl)cc2C(F)(F)F)cc1COc1ccccc1Cl. The summed E-state index contributed by atoms with van der Waals surface area (Å²) in [7, 11) is 1.46. The Balaban J connectivity index is 1.84. The number of anilines is 1. The number of ether oxygens (including phenoxy) is 2. The molecule has 1 amide bonds. The molecule has 0 bridgehead atoms. The zero-order valence-corrected chi connectivity index (χ0v) is 17.6. The fourth-order valence-corrected chi connectivity index (χ4v) is 3.17. The monoisotopic (exact) mass is 469 g/mol. The topological polar surface area (TPSA) is 47.6 Å². The van der Waals surface area contributed by atoms with E-state index in [2.05, 4.69) is 5.32 Å². The maximum Gasteiger partial charge on any atom is 0.418 e. The largest absolute Gasteiger partial charge is 0.496 e. The second kappa shape index (κ2) is 9.49. The van der Waals surface area contributed by atoms with E-state index in [0.29, 0.717) is 22.1 Å². The summed E-state index contributed by atoms with van der Waals surface area (Å²) >= 11 is 11.8. The summed E-state index contributed by atoms with van der Waals surface area (Å²) in [5.74, 6) is 0.164. The van der Waals surface area contributed by atoms with Crippen LogP contribution in [0.5, 0.6) is 11.5 Å². The van der Waals surface area contributed by atoms with Gasteiger partial charge >= 0.3 is 6.18 Å². The molecule has 3 rings (SSSR count). The molecule has 0 heterocycles. The van der Waals surface area contributed by atoms with Gasteiger partial charge in [0.2, 0.25) is 0 Å². The van der Waals surface area contributed by atoms with Crippen LogP contribution in [0.2, 0.25) is 10.0 Å². The third kappa shape index (κ3) is 5.62. The first kappa shape index (κ1) is 22.8. The van der Waals surface area contributed by atoms with Gasteiger partial charge in [0, 0.05) is 16.1 Å². The van der Waals surface area contributed by atoms with Gasteiger partial charge in [-0.05, 0) is 48.5 Å². The Morgan fingerprint density at radius 2 is 1.74 bits per heavy atom. The van der Waals surface area contributed by atoms with Crippen LogP contribution in [0.15, 0.2) is 60.7 Å². The highest BCUT2D eigenvalue weighted by atomic mass is 35.5. The van der Waals surface area contributed by atoms with Gasteiger partial charge in [-0.3, -0.25) is 4.79 Å². The minimum absolute atomic E-state index is 0.0305. The van der Waals surface area contributed by atoms with Crippen molar-refractivity contribution in [2.24, 2.45) is 0 Å². The highest BCUT2D eigenvalue weighted by molar-refractivity contribution is 6.32. The molecule has 0 radical (unpaired) electrons. The van der Waals surface area contributed by atoms with Gasteiger partial charge in [0.05, 0.1) is 23.4 Å². The molecule has 4 nitrogen and oxygen atoms in total. The highest BCUT2D eigenvalue weighted by Gasteiger charge is 2.34. The quantitative estimate of drug-likeness (QED) is 0.429. The number of halogens is 5. The molecular weight excluding hydrogens is 454 g/mol. The molecule has 0 spiro atoms. The van der Waals surface area contributed by atoms with E-state index in [1.54, 1.807) is 24.3 Å². The average Bonchev–Trinajstić information content (AvgIpc) is 2.73. The van der Waals surface area contributed by atoms with Crippen LogP contribution in [0, 0.1) is 0 Å². The molecule has 31 heavy (non-hydrogen) atoms. The minimum atomic E-state index is -4.68. The highest BCUT2D eigenvalue weighted by Crippen LogP contribution is 2.37. The van der Waals surface area contributed by atoms with Gasteiger partial charge in [-0.25, -0.2) is 0 Å². The first-order valence-electron chi connectivity index (χ1n) is 8.91. The van der Waals surface area contributed by atoms with E-state index < -0.39 is 23.3 Å². The Morgan fingerprint density at radius 1 is 1.00 bits per heavy atom. The van der Waals surface area contributed by atoms with Crippen molar-refractivity contribution in [3.8, 4) is 11.5 Å². The number of alkyl halides is 3. The zero-order valence-electron chi connectivity index (χ0n) is 16.1. The lowest BCUT2D eigenvalue weighted by Crippen LogP contribution is -2.17. The first-order valence-corrected chi connectivity index (χ1v) is 9.67. The number of hydrogen-bond donors (Lipinski definition) is 1. The number of para-hydroxylation sites is 1. The molecule has 0 aliphatic heterocycles. The summed E-state index contributed by atoms with van der Waals surface area (Å²) in [5, 5.41) is 2.61. The third-order valence-electron chi connectivity index (χ3n) is 4.30. The molecule has 0 fully saturated rings. The Morgan fingerprint density at radius 3 is 2.42 bits per heavy atom. The van der Waals surface area contributed by atoms with Crippen molar-refractivity contribution in [1.82, 2.24) is 0 Å². The second-order valence-electron chi connectivity index (χ2n) is 6.39. The molecule has 0 unspecified atom stereocenters. The maximum absolute atomic E-state index is 13.3. The van der Waals surface area contributed by atoms with E-state index in [4.69, 9.17) is 32.7 Å². The molecule has 162 valence electrons. The van der Waals surface area contributed by atoms with Gasteiger partial charge in [0.25, 0.3) is 5.91 Å². The molecule has 0 atom stereocenters. The Labute approximate surface area is 186 Å². The lowest BCUT2D eigenvalue weighted by Gasteiger charge is -2.15. The zero-order chi connectivity index (χ0) is 22.6. The molecule has 0 aromatic heterocycles. The van der Waals surface area contributed by atoms with Crippen LogP contribution >= 0.6 is 23.2 Å². The third-order valence-corrected chi connectivity index (χ3v) is 4.84. The number of methoxy groups -OCH3 is 1. The first-order chi connectivity index (χ1) is 14.7. The van der Waals surface area contributed by atoms with E-state index in [-0.39, 0.29) is 17.2 Å². The molecule has 0 saturated heterocycles. The summed E-state index contributed by atoms with van der Waals surface area (Å²) in [5.41, 5.74) is -0.792. The molecule has 0 saturated carbocycles. The van der Waals surface area contributed by atoms with Crippen LogP contribution in [0.3, 0.4) is 0 Å². The number of carbonyl (C=O) groups excluding carboxylic acids is 1. The maximum atomic E-state index is 13.3. The fourth-order valence-electron chi connectivity index (χ4n) is 2.80. The molecular formula is C22H16Cl2F3NO3. The van der Waals surface area contributed by atoms with E-state index in [1.165, 1.54) is 31.4 Å². The summed E-state index contributed by atoms with van der Waals surface area (Å²) in [6.07, 6.45) is -4.68. The van der Waals surface area contributed by atoms with Crippen LogP contribution in [0.1, 0.15) is 21.5 Å². The van der Waals surface area contributed by atoms with Crippen molar-refractivity contribution in [2.45, 2.75) is 12.8 Å². The fraction of sp³-hybridized carbons (Fsp3) is 0.136. The summed E-state index contributed by atoms with van der Waals surface area (Å²) in [4.78, 5) is 12.6. The molecule has 1 N–H and O–H groups in total. The molecule has 3 aromatic carbocycles. The lowest BCUT2D eigenvalue weighted by molar-refractivity contribution is -0.136. The van der Waals surface area contributed by atoms with Gasteiger partial charge in [0.15, 0.2) is 0 Å². The van der Waals surface area contributed by atoms with Gasteiger partial charge in [-0.1, -0.05) is 35.3 Å². The number of nitrogens with one attached hydrogen (secondary N) is 1. The number of benzene rings is 3. The van der Waals surface area contributed by atoms with Crippen molar-refractivity contribution >= 4 is 34.8 Å². The number of hydrogen-bond acceptors (Lipinski definition) is 3. The Kier molecular flexibility index (Phi) is 6.97. The van der Waals surface area contributed by atoms with Gasteiger partial charge in [0.1, 0.15) is 18.1 Å². The van der Waals surface area contributed by atoms with Gasteiger partial charge in [-0.15, -0.1) is 0 Å². The molecule has 0 aliphatic carbocycles. The number of rotatable bonds is 6. The van der Waals surface area contributed by atoms with Crippen LogP contribution in [-0.4, -0.2) is 13.0 Å². The van der Waals surface area contributed by atoms with Crippen LogP contribution < -0.4 is 14.8 Å². The van der Waals surface area contributed by atoms with Crippen molar-refractivity contribution in [1.29, 1.82) is 0 Å². The summed E-state index contributed by atoms with van der Waals surface area (Å²) < 4.78 is 50.8. The Hall–Kier alpha value is -2.90. The summed E-state index contributed by atoms with van der Waals surface area (Å²) in [6.45, 7) is 0.0305. The average molecular weight is 470 g/mol. The van der Waals surface area contributed by atoms with Crippen LogP contribution in [0.25, 0.3) is 0 Å². The van der Waals surface area contributed by atoms with Crippen LogP contribution in [-0.2, 0) is 12.8 Å². The molecule has 9 heteroatoms. The molecule has 3 aromatic rings. The van der Waals surface area contributed by atoms with Crippen molar-refractivity contribution in [3.63, 3.8) is 0 Å². The second-order valence-corrected chi connectivity index (χ2v) is 7.23. The predicted octanol–water partition coefficient (Wildman–Crippen LogP) is 6.85. The van der Waals surface area contributed by atoms with Crippen molar-refractivity contribution < 1.29 is 27.4 Å². The van der Waals surface area contributed by atoms with Crippen LogP contribution in [0.4, 0.5) is 18.9 Å². The Bertz CT molecular complexity index is 1100. The van der Waals surface area contributed by atoms with Gasteiger partial charge in [-0.2, -0.15) is 13.2 Å². The lowest BCUT2D eigenvalue weighted by atomic mass is 10.1.